The van der Waals surface area contributed by atoms with Gasteiger partial charge in [-0.25, -0.2) is 0 Å². The van der Waals surface area contributed by atoms with E-state index in [9.17, 15) is 4.79 Å². The highest BCUT2D eigenvalue weighted by molar-refractivity contribution is 6.09. The third kappa shape index (κ3) is 2.89. The van der Waals surface area contributed by atoms with Crippen LogP contribution in [0.1, 0.15) is 10.4 Å². The van der Waals surface area contributed by atoms with Crippen molar-refractivity contribution in [1.82, 2.24) is 15.2 Å². The fourth-order valence-electron chi connectivity index (χ4n) is 3.66. The molecule has 5 aromatic rings. The summed E-state index contributed by atoms with van der Waals surface area (Å²) in [5.74, 6) is -0.597. The number of nitrogens with one attached hydrogen (secondary N) is 2. The molecular weight excluding hydrogens is 376 g/mol. The maximum Gasteiger partial charge on any atom is 0.252 e. The molecule has 3 aromatic carbocycles. The topological polar surface area (TPSA) is 123 Å². The third-order valence-corrected chi connectivity index (χ3v) is 5.13. The van der Waals surface area contributed by atoms with E-state index >= 15 is 0 Å². The van der Waals surface area contributed by atoms with Crippen LogP contribution in [0.25, 0.3) is 32.9 Å². The molecule has 0 saturated carbocycles. The minimum absolute atomic E-state index is 0.218. The van der Waals surface area contributed by atoms with Gasteiger partial charge in [0.1, 0.15) is 0 Å². The molecular formula is C23H18N6O. The maximum atomic E-state index is 11.6. The minimum Gasteiger partial charge on any atom is -0.397 e. The molecule has 0 aliphatic rings. The van der Waals surface area contributed by atoms with Crippen LogP contribution in [0.15, 0.2) is 73.1 Å². The highest BCUT2D eigenvalue weighted by Gasteiger charge is 2.15. The number of aromatic nitrogens is 3. The first-order valence-electron chi connectivity index (χ1n) is 9.38. The molecule has 7 heteroatoms. The smallest absolute Gasteiger partial charge is 0.252 e. The van der Waals surface area contributed by atoms with Gasteiger partial charge in [0, 0.05) is 28.2 Å². The molecule has 0 aliphatic heterocycles. The fraction of sp³-hybridized carbons (Fsp3) is 0. The summed E-state index contributed by atoms with van der Waals surface area (Å²) in [6.07, 6.45) is 3.23. The number of aromatic amines is 1. The Hall–Kier alpha value is -4.39. The van der Waals surface area contributed by atoms with E-state index in [2.05, 4.69) is 26.6 Å². The molecule has 30 heavy (non-hydrogen) atoms. The standard InChI is InChI=1S/C23H18N6O/c24-21-16-8-4-7-15(22(16)26-11-18(21)23(25)30)13-9-19(17-12-27-29-20(17)10-13)28-14-5-2-1-3-6-14/h1-12,28H,(H2,24,26)(H2,25,30)(H,27,29). The summed E-state index contributed by atoms with van der Waals surface area (Å²) in [7, 11) is 0. The normalized spacial score (nSPS) is 11.1. The average Bonchev–Trinajstić information content (AvgIpc) is 3.23. The predicted molar refractivity (Wildman–Crippen MR) is 119 cm³/mol. The summed E-state index contributed by atoms with van der Waals surface area (Å²) in [4.78, 5) is 16.1. The van der Waals surface area contributed by atoms with Crippen LogP contribution in [-0.4, -0.2) is 21.1 Å². The van der Waals surface area contributed by atoms with Gasteiger partial charge < -0.3 is 16.8 Å². The number of carbonyl (C=O) groups is 1. The van der Waals surface area contributed by atoms with E-state index in [4.69, 9.17) is 11.5 Å². The Morgan fingerprint density at radius 2 is 1.80 bits per heavy atom. The van der Waals surface area contributed by atoms with Crippen LogP contribution >= 0.6 is 0 Å². The lowest BCUT2D eigenvalue weighted by Crippen LogP contribution is -2.14. The van der Waals surface area contributed by atoms with E-state index in [1.54, 1.807) is 6.20 Å². The van der Waals surface area contributed by atoms with Gasteiger partial charge in [0.15, 0.2) is 0 Å². The Morgan fingerprint density at radius 1 is 0.967 bits per heavy atom. The van der Waals surface area contributed by atoms with Crippen LogP contribution in [0.2, 0.25) is 0 Å². The Labute approximate surface area is 171 Å². The average molecular weight is 394 g/mol. The molecule has 146 valence electrons. The minimum atomic E-state index is -0.597. The lowest BCUT2D eigenvalue weighted by atomic mass is 9.98. The monoisotopic (exact) mass is 394 g/mol. The van der Waals surface area contributed by atoms with Crippen molar-refractivity contribution in [1.29, 1.82) is 0 Å². The zero-order valence-corrected chi connectivity index (χ0v) is 15.9. The number of carbonyl (C=O) groups excluding carboxylic acids is 1. The Morgan fingerprint density at radius 3 is 2.60 bits per heavy atom. The van der Waals surface area contributed by atoms with Crippen molar-refractivity contribution in [3.63, 3.8) is 0 Å². The SMILES string of the molecule is NC(=O)c1cnc2c(-c3cc(Nc4ccccc4)c4cn[nH]c4c3)cccc2c1N. The predicted octanol–water partition coefficient (Wildman–Crippen LogP) is 4.20. The van der Waals surface area contributed by atoms with Gasteiger partial charge >= 0.3 is 0 Å². The molecule has 7 nitrogen and oxygen atoms in total. The van der Waals surface area contributed by atoms with E-state index in [0.717, 1.165) is 33.4 Å². The van der Waals surface area contributed by atoms with Gasteiger partial charge in [-0.15, -0.1) is 0 Å². The molecule has 6 N–H and O–H groups in total. The molecule has 5 rings (SSSR count). The number of hydrogen-bond acceptors (Lipinski definition) is 5. The zero-order chi connectivity index (χ0) is 20.7. The number of H-pyrrole nitrogens is 1. The number of amides is 1. The second-order valence-corrected chi connectivity index (χ2v) is 7.00. The Balaban J connectivity index is 1.71. The number of benzene rings is 3. The van der Waals surface area contributed by atoms with E-state index < -0.39 is 5.91 Å². The third-order valence-electron chi connectivity index (χ3n) is 5.13. The number of anilines is 3. The number of pyridine rings is 1. The molecule has 0 unspecified atom stereocenters. The fourth-order valence-corrected chi connectivity index (χ4v) is 3.66. The maximum absolute atomic E-state index is 11.6. The lowest BCUT2D eigenvalue weighted by molar-refractivity contribution is 0.100. The Kier molecular flexibility index (Phi) is 4.07. The molecule has 0 spiro atoms. The molecule has 0 saturated heterocycles. The number of primary amides is 1. The lowest BCUT2D eigenvalue weighted by Gasteiger charge is -2.13. The molecule has 0 bridgehead atoms. The molecule has 0 atom stereocenters. The highest BCUT2D eigenvalue weighted by Crippen LogP contribution is 2.36. The molecule has 1 amide bonds. The number of nitrogens with two attached hydrogens (primary N) is 2. The van der Waals surface area contributed by atoms with Crippen LogP contribution < -0.4 is 16.8 Å². The van der Waals surface area contributed by atoms with Crippen molar-refractivity contribution < 1.29 is 4.79 Å². The van der Waals surface area contributed by atoms with E-state index in [0.29, 0.717) is 16.6 Å². The first-order chi connectivity index (χ1) is 14.6. The largest absolute Gasteiger partial charge is 0.397 e. The number of rotatable bonds is 4. The molecule has 0 fully saturated rings. The first-order valence-corrected chi connectivity index (χ1v) is 9.38. The summed E-state index contributed by atoms with van der Waals surface area (Å²) in [6.45, 7) is 0. The number of para-hydroxylation sites is 2. The summed E-state index contributed by atoms with van der Waals surface area (Å²) in [5.41, 5.74) is 17.5. The van der Waals surface area contributed by atoms with Crippen molar-refractivity contribution >= 4 is 44.8 Å². The van der Waals surface area contributed by atoms with E-state index in [1.807, 2.05) is 54.6 Å². The van der Waals surface area contributed by atoms with E-state index in [1.165, 1.54) is 6.20 Å². The summed E-state index contributed by atoms with van der Waals surface area (Å²) < 4.78 is 0. The summed E-state index contributed by atoms with van der Waals surface area (Å²) in [5, 5.41) is 12.4. The molecule has 2 aromatic heterocycles. The summed E-state index contributed by atoms with van der Waals surface area (Å²) in [6, 6.07) is 19.7. The van der Waals surface area contributed by atoms with Crippen LogP contribution in [0.4, 0.5) is 17.1 Å². The summed E-state index contributed by atoms with van der Waals surface area (Å²) >= 11 is 0. The molecule has 2 heterocycles. The Bertz CT molecular complexity index is 1410. The van der Waals surface area contributed by atoms with Gasteiger partial charge in [-0.1, -0.05) is 36.4 Å². The van der Waals surface area contributed by atoms with Crippen LogP contribution in [0.5, 0.6) is 0 Å². The van der Waals surface area contributed by atoms with Gasteiger partial charge in [-0.3, -0.25) is 14.9 Å². The van der Waals surface area contributed by atoms with Crippen molar-refractivity contribution in [2.45, 2.75) is 0 Å². The van der Waals surface area contributed by atoms with Crippen molar-refractivity contribution in [2.75, 3.05) is 11.1 Å². The van der Waals surface area contributed by atoms with Gasteiger partial charge in [-0.05, 0) is 29.8 Å². The highest BCUT2D eigenvalue weighted by atomic mass is 16.1. The van der Waals surface area contributed by atoms with Crippen molar-refractivity contribution in [3.05, 3.63) is 78.6 Å². The van der Waals surface area contributed by atoms with Crippen LogP contribution in [-0.2, 0) is 0 Å². The van der Waals surface area contributed by atoms with Gasteiger partial charge in [0.2, 0.25) is 0 Å². The first kappa shape index (κ1) is 17.7. The van der Waals surface area contributed by atoms with Gasteiger partial charge in [-0.2, -0.15) is 5.10 Å². The van der Waals surface area contributed by atoms with Crippen LogP contribution in [0.3, 0.4) is 0 Å². The zero-order valence-electron chi connectivity index (χ0n) is 15.9. The molecule has 0 radical (unpaired) electrons. The van der Waals surface area contributed by atoms with Gasteiger partial charge in [0.05, 0.1) is 34.2 Å². The number of nitrogen functional groups attached to an aromatic ring is 1. The number of nitrogens with zero attached hydrogens (tertiary/aromatic N) is 2. The van der Waals surface area contributed by atoms with E-state index in [-0.39, 0.29) is 5.56 Å². The van der Waals surface area contributed by atoms with Crippen molar-refractivity contribution in [3.8, 4) is 11.1 Å². The second kappa shape index (κ2) is 6.89. The molecule has 0 aliphatic carbocycles. The number of hydrogen-bond donors (Lipinski definition) is 4. The van der Waals surface area contributed by atoms with Crippen molar-refractivity contribution in [2.24, 2.45) is 5.73 Å². The number of fused-ring (bicyclic) bond motifs is 2. The van der Waals surface area contributed by atoms with Crippen LogP contribution in [0, 0.1) is 0 Å². The second-order valence-electron chi connectivity index (χ2n) is 7.00. The quantitative estimate of drug-likeness (QED) is 0.364. The van der Waals surface area contributed by atoms with Gasteiger partial charge in [0.25, 0.3) is 5.91 Å².